The molecule has 3 rings (SSSR count). The van der Waals surface area contributed by atoms with Gasteiger partial charge in [-0.25, -0.2) is 5.48 Å². The normalized spacial score (nSPS) is 11.5. The summed E-state index contributed by atoms with van der Waals surface area (Å²) in [6, 6.07) is 18.7. The van der Waals surface area contributed by atoms with Gasteiger partial charge in [0.15, 0.2) is 0 Å². The van der Waals surface area contributed by atoms with Crippen molar-refractivity contribution in [1.29, 1.82) is 0 Å². The first-order valence-electron chi connectivity index (χ1n) is 9.35. The maximum atomic E-state index is 12.7. The third-order valence-electron chi connectivity index (χ3n) is 4.73. The number of halogens is 2. The summed E-state index contributed by atoms with van der Waals surface area (Å²) in [6.07, 6.45) is 0.145. The lowest BCUT2D eigenvalue weighted by atomic mass is 9.99. The van der Waals surface area contributed by atoms with E-state index in [-0.39, 0.29) is 22.0 Å². The number of rotatable bonds is 7. The number of hydrogen-bond donors (Lipinski definition) is 3. The molecule has 0 aliphatic heterocycles. The van der Waals surface area contributed by atoms with Crippen molar-refractivity contribution >= 4 is 35.0 Å². The van der Waals surface area contributed by atoms with Crippen LogP contribution in [0.15, 0.2) is 66.7 Å². The highest BCUT2D eigenvalue weighted by Gasteiger charge is 2.24. The van der Waals surface area contributed by atoms with Gasteiger partial charge in [-0.3, -0.25) is 14.8 Å². The van der Waals surface area contributed by atoms with Gasteiger partial charge in [0.05, 0.1) is 22.7 Å². The number of amides is 2. The third-order valence-corrected chi connectivity index (χ3v) is 5.36. The summed E-state index contributed by atoms with van der Waals surface area (Å²) in [5.41, 5.74) is 4.30. The lowest BCUT2D eigenvalue weighted by molar-refractivity contribution is -0.131. The Kier molecular flexibility index (Phi) is 7.52. The van der Waals surface area contributed by atoms with Crippen molar-refractivity contribution < 1.29 is 19.5 Å². The second kappa shape index (κ2) is 10.3. The SMILES string of the molecule is COc1ccccc1-c1ccc(C[C@H](NC(=O)c2c(Cl)cccc2Cl)C(=O)NO)cc1. The molecule has 0 saturated heterocycles. The van der Waals surface area contributed by atoms with E-state index < -0.39 is 17.9 Å². The molecule has 1 atom stereocenters. The molecule has 0 fully saturated rings. The summed E-state index contributed by atoms with van der Waals surface area (Å²) in [6.45, 7) is 0. The van der Waals surface area contributed by atoms with Gasteiger partial charge in [-0.1, -0.05) is 71.7 Å². The predicted molar refractivity (Wildman–Crippen MR) is 120 cm³/mol. The minimum absolute atomic E-state index is 0.0630. The summed E-state index contributed by atoms with van der Waals surface area (Å²) in [5.74, 6) is -0.628. The van der Waals surface area contributed by atoms with Gasteiger partial charge in [0.1, 0.15) is 11.8 Å². The molecule has 3 N–H and O–H groups in total. The molecule has 0 aliphatic carbocycles. The van der Waals surface area contributed by atoms with Crippen molar-refractivity contribution in [3.8, 4) is 16.9 Å². The minimum Gasteiger partial charge on any atom is -0.496 e. The van der Waals surface area contributed by atoms with Crippen LogP contribution in [0.25, 0.3) is 11.1 Å². The van der Waals surface area contributed by atoms with Gasteiger partial charge in [0, 0.05) is 12.0 Å². The second-order valence-electron chi connectivity index (χ2n) is 6.70. The van der Waals surface area contributed by atoms with E-state index in [0.29, 0.717) is 0 Å². The highest BCUT2D eigenvalue weighted by molar-refractivity contribution is 6.39. The monoisotopic (exact) mass is 458 g/mol. The van der Waals surface area contributed by atoms with Gasteiger partial charge in [-0.05, 0) is 29.3 Å². The largest absolute Gasteiger partial charge is 0.496 e. The number of carbonyl (C=O) groups excluding carboxylic acids is 2. The van der Waals surface area contributed by atoms with Gasteiger partial charge in [0.25, 0.3) is 11.8 Å². The van der Waals surface area contributed by atoms with Crippen molar-refractivity contribution in [2.45, 2.75) is 12.5 Å². The van der Waals surface area contributed by atoms with Crippen LogP contribution in [-0.4, -0.2) is 30.2 Å². The van der Waals surface area contributed by atoms with Crippen LogP contribution < -0.4 is 15.5 Å². The summed E-state index contributed by atoms with van der Waals surface area (Å²) in [7, 11) is 1.61. The fraction of sp³-hybridized carbons (Fsp3) is 0.130. The predicted octanol–water partition coefficient (Wildman–Crippen LogP) is 4.52. The van der Waals surface area contributed by atoms with Crippen molar-refractivity contribution in [3.05, 3.63) is 87.9 Å². The van der Waals surface area contributed by atoms with E-state index in [2.05, 4.69) is 5.32 Å². The molecule has 0 radical (unpaired) electrons. The molecule has 0 saturated carbocycles. The first kappa shape index (κ1) is 22.6. The number of para-hydroxylation sites is 1. The van der Waals surface area contributed by atoms with E-state index in [1.807, 2.05) is 48.5 Å². The van der Waals surface area contributed by atoms with Crippen molar-refractivity contribution in [2.75, 3.05) is 7.11 Å². The molecule has 8 heteroatoms. The van der Waals surface area contributed by atoms with E-state index in [0.717, 1.165) is 22.4 Å². The van der Waals surface area contributed by atoms with Gasteiger partial charge < -0.3 is 10.1 Å². The molecule has 3 aromatic carbocycles. The zero-order valence-corrected chi connectivity index (χ0v) is 18.1. The molecule has 0 bridgehead atoms. The lowest BCUT2D eigenvalue weighted by Crippen LogP contribution is -2.47. The zero-order chi connectivity index (χ0) is 22.4. The fourth-order valence-corrected chi connectivity index (χ4v) is 3.74. The number of ether oxygens (including phenoxy) is 1. The van der Waals surface area contributed by atoms with Crippen LogP contribution in [0.3, 0.4) is 0 Å². The van der Waals surface area contributed by atoms with E-state index in [9.17, 15) is 9.59 Å². The first-order chi connectivity index (χ1) is 14.9. The number of methoxy groups -OCH3 is 1. The molecule has 0 aliphatic rings. The third kappa shape index (κ3) is 5.35. The molecular formula is C23H20Cl2N2O4. The maximum absolute atomic E-state index is 12.7. The van der Waals surface area contributed by atoms with Crippen LogP contribution in [-0.2, 0) is 11.2 Å². The van der Waals surface area contributed by atoms with Crippen LogP contribution in [0.4, 0.5) is 0 Å². The smallest absolute Gasteiger partial charge is 0.266 e. The Morgan fingerprint density at radius 3 is 2.23 bits per heavy atom. The molecule has 2 amide bonds. The molecule has 160 valence electrons. The standard InChI is InChI=1S/C23H20Cl2N2O4/c1-31-20-8-3-2-5-16(20)15-11-9-14(10-12-15)13-19(22(28)27-30)26-23(29)21-17(24)6-4-7-18(21)25/h2-12,19,30H,13H2,1H3,(H,26,29)(H,27,28)/t19-/m0/s1. The quantitative estimate of drug-likeness (QED) is 0.358. The lowest BCUT2D eigenvalue weighted by Gasteiger charge is -2.18. The number of nitrogens with one attached hydrogen (secondary N) is 2. The average molecular weight is 459 g/mol. The van der Waals surface area contributed by atoms with Crippen LogP contribution in [0.5, 0.6) is 5.75 Å². The topological polar surface area (TPSA) is 87.7 Å². The Bertz CT molecular complexity index is 1070. The molecule has 0 heterocycles. The molecule has 3 aromatic rings. The number of benzene rings is 3. The Hall–Kier alpha value is -3.06. The molecule has 0 spiro atoms. The fourth-order valence-electron chi connectivity index (χ4n) is 3.17. The summed E-state index contributed by atoms with van der Waals surface area (Å²) in [4.78, 5) is 24.8. The zero-order valence-electron chi connectivity index (χ0n) is 16.6. The van der Waals surface area contributed by atoms with Gasteiger partial charge >= 0.3 is 0 Å². The number of carbonyl (C=O) groups is 2. The Morgan fingerprint density at radius 2 is 1.61 bits per heavy atom. The summed E-state index contributed by atoms with van der Waals surface area (Å²) < 4.78 is 5.40. The second-order valence-corrected chi connectivity index (χ2v) is 7.51. The van der Waals surface area contributed by atoms with Crippen LogP contribution in [0, 0.1) is 0 Å². The van der Waals surface area contributed by atoms with Gasteiger partial charge in [0.2, 0.25) is 0 Å². The van der Waals surface area contributed by atoms with E-state index in [1.54, 1.807) is 18.7 Å². The van der Waals surface area contributed by atoms with Crippen molar-refractivity contribution in [3.63, 3.8) is 0 Å². The molecule has 31 heavy (non-hydrogen) atoms. The highest BCUT2D eigenvalue weighted by atomic mass is 35.5. The Balaban J connectivity index is 1.80. The molecule has 6 nitrogen and oxygen atoms in total. The van der Waals surface area contributed by atoms with E-state index >= 15 is 0 Å². The summed E-state index contributed by atoms with van der Waals surface area (Å²) >= 11 is 12.2. The molecule has 0 aromatic heterocycles. The maximum Gasteiger partial charge on any atom is 0.266 e. The Labute approximate surface area is 189 Å². The summed E-state index contributed by atoms with van der Waals surface area (Å²) in [5, 5.41) is 12.0. The molecule has 0 unspecified atom stereocenters. The number of hydroxylamine groups is 1. The van der Waals surface area contributed by atoms with Crippen LogP contribution in [0.2, 0.25) is 10.0 Å². The number of hydrogen-bond acceptors (Lipinski definition) is 4. The minimum atomic E-state index is -1.04. The Morgan fingerprint density at radius 1 is 0.968 bits per heavy atom. The van der Waals surface area contributed by atoms with Gasteiger partial charge in [-0.2, -0.15) is 0 Å². The average Bonchev–Trinajstić information content (AvgIpc) is 2.78. The van der Waals surface area contributed by atoms with Crippen molar-refractivity contribution in [2.24, 2.45) is 0 Å². The van der Waals surface area contributed by atoms with Crippen LogP contribution >= 0.6 is 23.2 Å². The molecular weight excluding hydrogens is 439 g/mol. The van der Waals surface area contributed by atoms with Gasteiger partial charge in [-0.15, -0.1) is 0 Å². The van der Waals surface area contributed by atoms with Crippen molar-refractivity contribution in [1.82, 2.24) is 10.8 Å². The first-order valence-corrected chi connectivity index (χ1v) is 10.1. The highest BCUT2D eigenvalue weighted by Crippen LogP contribution is 2.30. The van der Waals surface area contributed by atoms with E-state index in [4.69, 9.17) is 33.1 Å². The van der Waals surface area contributed by atoms with Crippen LogP contribution in [0.1, 0.15) is 15.9 Å². The van der Waals surface area contributed by atoms with E-state index in [1.165, 1.54) is 12.1 Å².